The van der Waals surface area contributed by atoms with Gasteiger partial charge in [0.2, 0.25) is 0 Å². The second-order valence-electron chi connectivity index (χ2n) is 5.19. The van der Waals surface area contributed by atoms with Gasteiger partial charge in [-0.05, 0) is 31.2 Å². The van der Waals surface area contributed by atoms with Crippen molar-refractivity contribution in [3.63, 3.8) is 0 Å². The van der Waals surface area contributed by atoms with Crippen LogP contribution in [0.2, 0.25) is 0 Å². The Kier molecular flexibility index (Phi) is 4.05. The maximum Gasteiger partial charge on any atom is 0.192 e. The summed E-state index contributed by atoms with van der Waals surface area (Å²) in [6, 6.07) is 20.2. The largest absolute Gasteiger partial charge is 0.467 e. The highest BCUT2D eigenvalue weighted by molar-refractivity contribution is 6.01. The highest BCUT2D eigenvalue weighted by Gasteiger charge is 2.24. The molecule has 1 N–H and O–H groups in total. The molecule has 1 unspecified atom stereocenters. The number of furan rings is 1. The maximum atomic E-state index is 12.8. The first-order chi connectivity index (χ1) is 10.7. The molecular formula is C19H17NO2. The molecule has 0 aliphatic carbocycles. The molecule has 0 radical (unpaired) electrons. The smallest absolute Gasteiger partial charge is 0.192 e. The molecule has 0 aliphatic heterocycles. The van der Waals surface area contributed by atoms with Crippen LogP contribution >= 0.6 is 0 Å². The van der Waals surface area contributed by atoms with Gasteiger partial charge in [-0.15, -0.1) is 0 Å². The molecule has 22 heavy (non-hydrogen) atoms. The minimum atomic E-state index is -0.542. The molecule has 1 atom stereocenters. The number of rotatable bonds is 5. The predicted octanol–water partition coefficient (Wildman–Crippen LogP) is 4.62. The van der Waals surface area contributed by atoms with E-state index in [0.717, 1.165) is 5.69 Å². The van der Waals surface area contributed by atoms with Gasteiger partial charge in [0.05, 0.1) is 6.26 Å². The zero-order valence-corrected chi connectivity index (χ0v) is 12.3. The monoisotopic (exact) mass is 291 g/mol. The van der Waals surface area contributed by atoms with E-state index in [0.29, 0.717) is 11.3 Å². The molecule has 1 aromatic heterocycles. The fraction of sp³-hybridized carbons (Fsp3) is 0.105. The van der Waals surface area contributed by atoms with Crippen molar-refractivity contribution in [2.45, 2.75) is 13.0 Å². The Balaban J connectivity index is 1.91. The standard InChI is InChI=1S/C19H17NO2/c1-14-9-11-16(12-10-14)20-18(17-8-5-13-22-17)19(21)15-6-3-2-4-7-15/h2-13,18,20H,1H3. The minimum absolute atomic E-state index is 0.0175. The van der Waals surface area contributed by atoms with Crippen LogP contribution in [0.1, 0.15) is 27.7 Å². The second kappa shape index (κ2) is 6.31. The number of carbonyl (C=O) groups is 1. The summed E-state index contributed by atoms with van der Waals surface area (Å²) in [6.07, 6.45) is 1.58. The number of Topliss-reactive ketones (excluding diaryl/α,β-unsaturated/α-hetero) is 1. The van der Waals surface area contributed by atoms with Gasteiger partial charge in [0.25, 0.3) is 0 Å². The number of ketones is 1. The van der Waals surface area contributed by atoms with Crippen LogP contribution < -0.4 is 5.32 Å². The Morgan fingerprint density at radius 3 is 2.32 bits per heavy atom. The van der Waals surface area contributed by atoms with E-state index in [-0.39, 0.29) is 5.78 Å². The summed E-state index contributed by atoms with van der Waals surface area (Å²) in [5.41, 5.74) is 2.72. The van der Waals surface area contributed by atoms with E-state index in [9.17, 15) is 4.79 Å². The first-order valence-electron chi connectivity index (χ1n) is 7.20. The molecule has 0 bridgehead atoms. The average Bonchev–Trinajstić information content (AvgIpc) is 3.09. The minimum Gasteiger partial charge on any atom is -0.467 e. The number of nitrogens with one attached hydrogen (secondary N) is 1. The van der Waals surface area contributed by atoms with Crippen molar-refractivity contribution in [2.75, 3.05) is 5.32 Å². The summed E-state index contributed by atoms with van der Waals surface area (Å²) < 4.78 is 5.45. The van der Waals surface area contributed by atoms with Gasteiger partial charge in [0.15, 0.2) is 5.78 Å². The molecule has 0 amide bonds. The Hall–Kier alpha value is -2.81. The third kappa shape index (κ3) is 3.09. The molecule has 110 valence electrons. The van der Waals surface area contributed by atoms with E-state index in [2.05, 4.69) is 5.32 Å². The fourth-order valence-electron chi connectivity index (χ4n) is 2.31. The summed E-state index contributed by atoms with van der Waals surface area (Å²) in [5, 5.41) is 3.26. The molecule has 0 fully saturated rings. The Labute approximate surface area is 129 Å². The number of hydrogen-bond donors (Lipinski definition) is 1. The van der Waals surface area contributed by atoms with Crippen LogP contribution in [-0.4, -0.2) is 5.78 Å². The predicted molar refractivity (Wildman–Crippen MR) is 87.0 cm³/mol. The molecule has 0 aliphatic rings. The molecule has 1 heterocycles. The van der Waals surface area contributed by atoms with Crippen molar-refractivity contribution >= 4 is 11.5 Å². The maximum absolute atomic E-state index is 12.8. The lowest BCUT2D eigenvalue weighted by atomic mass is 10.0. The second-order valence-corrected chi connectivity index (χ2v) is 5.19. The van der Waals surface area contributed by atoms with E-state index >= 15 is 0 Å². The Bertz CT molecular complexity index is 731. The topological polar surface area (TPSA) is 42.2 Å². The summed E-state index contributed by atoms with van der Waals surface area (Å²) in [6.45, 7) is 2.03. The van der Waals surface area contributed by atoms with Crippen molar-refractivity contribution in [3.05, 3.63) is 89.9 Å². The quantitative estimate of drug-likeness (QED) is 0.697. The highest BCUT2D eigenvalue weighted by atomic mass is 16.3. The van der Waals surface area contributed by atoms with E-state index in [1.54, 1.807) is 12.3 Å². The molecule has 0 spiro atoms. The van der Waals surface area contributed by atoms with Crippen molar-refractivity contribution in [1.82, 2.24) is 0 Å². The lowest BCUT2D eigenvalue weighted by Crippen LogP contribution is -2.20. The van der Waals surface area contributed by atoms with E-state index in [1.165, 1.54) is 5.56 Å². The van der Waals surface area contributed by atoms with Crippen LogP contribution in [-0.2, 0) is 0 Å². The third-order valence-corrected chi connectivity index (χ3v) is 3.51. The van der Waals surface area contributed by atoms with Crippen LogP contribution in [0, 0.1) is 6.92 Å². The van der Waals surface area contributed by atoms with Crippen LogP contribution in [0.3, 0.4) is 0 Å². The number of hydrogen-bond acceptors (Lipinski definition) is 3. The van der Waals surface area contributed by atoms with E-state index in [1.807, 2.05) is 67.6 Å². The lowest BCUT2D eigenvalue weighted by molar-refractivity contribution is 0.0961. The summed E-state index contributed by atoms with van der Waals surface area (Å²) >= 11 is 0. The van der Waals surface area contributed by atoms with Crippen molar-refractivity contribution in [1.29, 1.82) is 0 Å². The zero-order valence-electron chi connectivity index (χ0n) is 12.3. The van der Waals surface area contributed by atoms with E-state index in [4.69, 9.17) is 4.42 Å². The molecule has 3 rings (SSSR count). The molecule has 3 nitrogen and oxygen atoms in total. The number of carbonyl (C=O) groups excluding carboxylic acids is 1. The highest BCUT2D eigenvalue weighted by Crippen LogP contribution is 2.24. The Morgan fingerprint density at radius 2 is 1.68 bits per heavy atom. The first-order valence-corrected chi connectivity index (χ1v) is 7.20. The number of anilines is 1. The number of benzene rings is 2. The van der Waals surface area contributed by atoms with Gasteiger partial charge in [-0.25, -0.2) is 0 Å². The molecule has 3 heteroatoms. The van der Waals surface area contributed by atoms with Crippen LogP contribution in [0.15, 0.2) is 77.4 Å². The van der Waals surface area contributed by atoms with Gasteiger partial charge in [0, 0.05) is 11.3 Å². The van der Waals surface area contributed by atoms with Crippen molar-refractivity contribution in [2.24, 2.45) is 0 Å². The zero-order chi connectivity index (χ0) is 15.4. The molecule has 0 saturated carbocycles. The SMILES string of the molecule is Cc1ccc(NC(C(=O)c2ccccc2)c2ccco2)cc1. The fourth-order valence-corrected chi connectivity index (χ4v) is 2.31. The van der Waals surface area contributed by atoms with Crippen LogP contribution in [0.4, 0.5) is 5.69 Å². The van der Waals surface area contributed by atoms with E-state index < -0.39 is 6.04 Å². The van der Waals surface area contributed by atoms with Gasteiger partial charge < -0.3 is 9.73 Å². The first kappa shape index (κ1) is 14.1. The van der Waals surface area contributed by atoms with Gasteiger partial charge in [-0.2, -0.15) is 0 Å². The summed E-state index contributed by atoms with van der Waals surface area (Å²) in [7, 11) is 0. The summed E-state index contributed by atoms with van der Waals surface area (Å²) in [4.78, 5) is 12.8. The van der Waals surface area contributed by atoms with Crippen molar-refractivity contribution < 1.29 is 9.21 Å². The van der Waals surface area contributed by atoms with Gasteiger partial charge in [-0.1, -0.05) is 48.0 Å². The van der Waals surface area contributed by atoms with Gasteiger partial charge >= 0.3 is 0 Å². The Morgan fingerprint density at radius 1 is 0.955 bits per heavy atom. The number of aryl methyl sites for hydroxylation is 1. The average molecular weight is 291 g/mol. The molecule has 2 aromatic carbocycles. The van der Waals surface area contributed by atoms with Crippen molar-refractivity contribution in [3.8, 4) is 0 Å². The van der Waals surface area contributed by atoms with Gasteiger partial charge in [-0.3, -0.25) is 4.79 Å². The lowest BCUT2D eigenvalue weighted by Gasteiger charge is -2.17. The van der Waals surface area contributed by atoms with Gasteiger partial charge in [0.1, 0.15) is 11.8 Å². The summed E-state index contributed by atoms with van der Waals surface area (Å²) in [5.74, 6) is 0.588. The molecule has 3 aromatic rings. The van der Waals surface area contributed by atoms with Crippen LogP contribution in [0.5, 0.6) is 0 Å². The third-order valence-electron chi connectivity index (χ3n) is 3.51. The molecule has 0 saturated heterocycles. The molecular weight excluding hydrogens is 274 g/mol. The van der Waals surface area contributed by atoms with Crippen LogP contribution in [0.25, 0.3) is 0 Å². The normalized spacial score (nSPS) is 11.9.